The Labute approximate surface area is 272 Å². The van der Waals surface area contributed by atoms with Gasteiger partial charge >= 0.3 is 7.12 Å². The maximum absolute atomic E-state index is 14.3. The second kappa shape index (κ2) is 12.3. The number of carbonyl (C=O) groups is 2. The largest absolute Gasteiger partial charge is 0.482 e. The third-order valence-corrected chi connectivity index (χ3v) is 11.6. The van der Waals surface area contributed by atoms with Gasteiger partial charge in [0, 0.05) is 6.42 Å². The maximum Gasteiger partial charge on any atom is 0.482 e. The molecule has 1 saturated heterocycles. The van der Waals surface area contributed by atoms with Crippen LogP contribution in [0.2, 0.25) is 0 Å². The minimum absolute atomic E-state index is 0.0481. The molecular weight excluding hydrogens is 578 g/mol. The second-order valence-electron chi connectivity index (χ2n) is 14.7. The maximum atomic E-state index is 14.3. The third-order valence-electron chi connectivity index (χ3n) is 11.6. The number of fused-ring (bicyclic) bond motifs is 1. The molecule has 8 rings (SSSR count). The molecule has 4 fully saturated rings. The number of carbonyl (C=O) groups excluding carboxylic acids is 2. The highest BCUT2D eigenvalue weighted by Gasteiger charge is 2.68. The zero-order valence-electron chi connectivity index (χ0n) is 27.0. The van der Waals surface area contributed by atoms with E-state index < -0.39 is 24.7 Å². The van der Waals surface area contributed by atoms with E-state index in [0.29, 0.717) is 24.7 Å². The fourth-order valence-corrected chi connectivity index (χ4v) is 8.80. The van der Waals surface area contributed by atoms with Gasteiger partial charge in [-0.25, -0.2) is 4.39 Å². The zero-order chi connectivity index (χ0) is 32.1. The molecular formula is C38H44BFN2O4. The Bertz CT molecular complexity index is 1580. The van der Waals surface area contributed by atoms with Crippen molar-refractivity contribution in [2.24, 2.45) is 17.3 Å². The highest BCUT2D eigenvalue weighted by molar-refractivity contribution is 6.48. The Kier molecular flexibility index (Phi) is 8.31. The highest BCUT2D eigenvalue weighted by Crippen LogP contribution is 2.65. The molecule has 3 aromatic rings. The lowest BCUT2D eigenvalue weighted by molar-refractivity contribution is -0.199. The van der Waals surface area contributed by atoms with E-state index in [1.54, 1.807) is 12.1 Å². The number of benzene rings is 3. The smallest absolute Gasteiger partial charge is 0.404 e. The average molecular weight is 623 g/mol. The molecule has 0 aromatic heterocycles. The van der Waals surface area contributed by atoms with Crippen LogP contribution in [0.3, 0.4) is 0 Å². The predicted octanol–water partition coefficient (Wildman–Crippen LogP) is 5.97. The van der Waals surface area contributed by atoms with Gasteiger partial charge in [-0.05, 0) is 97.1 Å². The average Bonchev–Trinajstić information content (AvgIpc) is 3.42. The molecule has 1 heterocycles. The first-order chi connectivity index (χ1) is 22.1. The molecule has 2 N–H and O–H groups in total. The van der Waals surface area contributed by atoms with Crippen molar-refractivity contribution in [3.63, 3.8) is 0 Å². The van der Waals surface area contributed by atoms with Crippen LogP contribution >= 0.6 is 0 Å². The summed E-state index contributed by atoms with van der Waals surface area (Å²) in [5.74, 6) is -0.597. The fraction of sp³-hybridized carbons (Fsp3) is 0.474. The van der Waals surface area contributed by atoms with Crippen molar-refractivity contribution >= 4 is 18.9 Å². The number of amides is 2. The van der Waals surface area contributed by atoms with E-state index in [4.69, 9.17) is 9.31 Å². The standard InChI is InChI=1S/C38H44BFN2O4/c1-37(2)27-22-32(37)38(3)33(23-27)45-39(46-38)34(21-25-16-18-28(40)19-17-25)42-36(44)31(20-24-10-5-4-6-11-24)41-35(43)30-15-9-13-26-12-7-8-14-29(26)30/h4-8,10-12,14,16-19,27,30-34H,9,13,15,20-23H2,1-3H3,(H,41,43)(H,42,44)/t27-,30-,31-,32-,33+,34-,38-/m0/s1. The SMILES string of the molecule is CC1(C)[C@@H]2C[C@H]3OB([C@H](Cc4ccc(F)cc4)NC(=O)[C@H](Cc4ccccc4)NC(=O)[C@H]4CCCc5ccccc54)O[C@@]3(C)[C@H]1C2. The van der Waals surface area contributed by atoms with Crippen LogP contribution in [-0.2, 0) is 38.2 Å². The number of nitrogens with one attached hydrogen (secondary N) is 2. The molecule has 8 heteroatoms. The van der Waals surface area contributed by atoms with E-state index >= 15 is 0 Å². The van der Waals surface area contributed by atoms with E-state index in [-0.39, 0.29) is 35.1 Å². The summed E-state index contributed by atoms with van der Waals surface area (Å²) in [6.45, 7) is 6.81. The number of halogens is 1. The quantitative estimate of drug-likeness (QED) is 0.289. The summed E-state index contributed by atoms with van der Waals surface area (Å²) in [7, 11) is -0.669. The van der Waals surface area contributed by atoms with Gasteiger partial charge < -0.3 is 19.9 Å². The summed E-state index contributed by atoms with van der Waals surface area (Å²) < 4.78 is 27.3. The molecule has 2 amide bonds. The topological polar surface area (TPSA) is 76.7 Å². The van der Waals surface area contributed by atoms with E-state index in [1.165, 1.54) is 17.7 Å². The van der Waals surface area contributed by atoms with Crippen molar-refractivity contribution in [1.29, 1.82) is 0 Å². The number of rotatable bonds is 9. The summed E-state index contributed by atoms with van der Waals surface area (Å²) in [5, 5.41) is 6.39. The van der Waals surface area contributed by atoms with Crippen molar-refractivity contribution in [3.8, 4) is 0 Å². The van der Waals surface area contributed by atoms with Gasteiger partial charge in [-0.15, -0.1) is 0 Å². The first-order valence-electron chi connectivity index (χ1n) is 16.9. The second-order valence-corrected chi connectivity index (χ2v) is 14.7. The molecule has 0 spiro atoms. The van der Waals surface area contributed by atoms with Gasteiger partial charge in [-0.3, -0.25) is 9.59 Å². The van der Waals surface area contributed by atoms with Crippen molar-refractivity contribution in [3.05, 3.63) is 107 Å². The van der Waals surface area contributed by atoms with Crippen molar-refractivity contribution in [2.75, 3.05) is 0 Å². The summed E-state index contributed by atoms with van der Waals surface area (Å²) >= 11 is 0. The number of aryl methyl sites for hydroxylation is 1. The molecule has 0 unspecified atom stereocenters. The van der Waals surface area contributed by atoms with Crippen LogP contribution in [0.15, 0.2) is 78.9 Å². The van der Waals surface area contributed by atoms with Crippen LogP contribution in [0.1, 0.15) is 74.6 Å². The first-order valence-corrected chi connectivity index (χ1v) is 16.9. The van der Waals surface area contributed by atoms with Crippen molar-refractivity contribution in [1.82, 2.24) is 10.6 Å². The van der Waals surface area contributed by atoms with E-state index in [9.17, 15) is 14.0 Å². The summed E-state index contributed by atoms with van der Waals surface area (Å²) in [6, 6.07) is 23.4. The molecule has 3 aromatic carbocycles. The lowest BCUT2D eigenvalue weighted by Gasteiger charge is -2.64. The van der Waals surface area contributed by atoms with Crippen LogP contribution < -0.4 is 10.6 Å². The molecule has 0 radical (unpaired) electrons. The lowest BCUT2D eigenvalue weighted by Crippen LogP contribution is -2.65. The molecule has 6 nitrogen and oxygen atoms in total. The predicted molar refractivity (Wildman–Crippen MR) is 176 cm³/mol. The van der Waals surface area contributed by atoms with Gasteiger partial charge in [0.05, 0.1) is 23.6 Å². The minimum atomic E-state index is -0.800. The van der Waals surface area contributed by atoms with Gasteiger partial charge in [0.25, 0.3) is 0 Å². The molecule has 240 valence electrons. The van der Waals surface area contributed by atoms with Gasteiger partial charge in [0.15, 0.2) is 0 Å². The Morgan fingerprint density at radius 3 is 2.39 bits per heavy atom. The van der Waals surface area contributed by atoms with Gasteiger partial charge in [-0.2, -0.15) is 0 Å². The summed E-state index contributed by atoms with van der Waals surface area (Å²) in [6.07, 6.45) is 5.40. The number of hydrogen-bond donors (Lipinski definition) is 2. The normalized spacial score (nSPS) is 28.7. The van der Waals surface area contributed by atoms with Gasteiger partial charge in [0.1, 0.15) is 11.9 Å². The van der Waals surface area contributed by atoms with Crippen LogP contribution in [0.25, 0.3) is 0 Å². The molecule has 46 heavy (non-hydrogen) atoms. The van der Waals surface area contributed by atoms with E-state index in [1.807, 2.05) is 48.5 Å². The molecule has 1 aliphatic heterocycles. The molecule has 2 bridgehead atoms. The van der Waals surface area contributed by atoms with Crippen LogP contribution in [0, 0.1) is 23.1 Å². The fourth-order valence-electron chi connectivity index (χ4n) is 8.80. The minimum Gasteiger partial charge on any atom is -0.404 e. The van der Waals surface area contributed by atoms with Crippen molar-refractivity contribution < 1.29 is 23.3 Å². The summed E-state index contributed by atoms with van der Waals surface area (Å²) in [5.41, 5.74) is 3.80. The van der Waals surface area contributed by atoms with Crippen molar-refractivity contribution in [2.45, 2.75) is 95.3 Å². The third kappa shape index (κ3) is 5.79. The monoisotopic (exact) mass is 622 g/mol. The molecule has 5 aliphatic rings. The Balaban J connectivity index is 1.14. The van der Waals surface area contributed by atoms with Crippen LogP contribution in [-0.4, -0.2) is 42.6 Å². The van der Waals surface area contributed by atoms with Crippen LogP contribution in [0.4, 0.5) is 4.39 Å². The molecule has 7 atom stereocenters. The molecule has 4 aliphatic carbocycles. The van der Waals surface area contributed by atoms with E-state index in [0.717, 1.165) is 48.8 Å². The zero-order valence-corrected chi connectivity index (χ0v) is 27.0. The Morgan fingerprint density at radius 1 is 0.913 bits per heavy atom. The lowest BCUT2D eigenvalue weighted by atomic mass is 9.43. The Hall–Kier alpha value is -3.49. The van der Waals surface area contributed by atoms with Gasteiger partial charge in [-0.1, -0.05) is 80.6 Å². The highest BCUT2D eigenvalue weighted by atomic mass is 19.1. The first kappa shape index (κ1) is 31.1. The Morgan fingerprint density at radius 2 is 1.63 bits per heavy atom. The number of hydrogen-bond acceptors (Lipinski definition) is 4. The summed E-state index contributed by atoms with van der Waals surface area (Å²) in [4.78, 5) is 28.2. The van der Waals surface area contributed by atoms with Gasteiger partial charge in [0.2, 0.25) is 11.8 Å². The molecule has 3 saturated carbocycles. The van der Waals surface area contributed by atoms with Crippen LogP contribution in [0.5, 0.6) is 0 Å². The van der Waals surface area contributed by atoms with E-state index in [2.05, 4.69) is 37.5 Å².